The number of fused-ring (bicyclic) bond motifs is 2. The van der Waals surface area contributed by atoms with Gasteiger partial charge in [0, 0.05) is 12.5 Å². The Morgan fingerprint density at radius 2 is 1.57 bits per heavy atom. The third-order valence-corrected chi connectivity index (χ3v) is 4.15. The van der Waals surface area contributed by atoms with Crippen molar-refractivity contribution in [3.05, 3.63) is 70.3 Å². The summed E-state index contributed by atoms with van der Waals surface area (Å²) < 4.78 is 39.3. The first-order valence-corrected chi connectivity index (χ1v) is 7.49. The molecule has 0 radical (unpaired) electrons. The highest BCUT2D eigenvalue weighted by Gasteiger charge is 2.32. The predicted molar refractivity (Wildman–Crippen MR) is 87.2 cm³/mol. The first-order valence-electron chi connectivity index (χ1n) is 7.49. The van der Waals surface area contributed by atoms with Gasteiger partial charge >= 0.3 is 6.18 Å². The van der Waals surface area contributed by atoms with Gasteiger partial charge < -0.3 is 4.90 Å². The Morgan fingerprint density at radius 1 is 0.913 bits per heavy atom. The molecule has 0 heterocycles. The Balaban J connectivity index is 2.19. The zero-order valence-corrected chi connectivity index (χ0v) is 13.1. The van der Waals surface area contributed by atoms with Gasteiger partial charge in [0.2, 0.25) is 0 Å². The number of halogens is 3. The van der Waals surface area contributed by atoms with Gasteiger partial charge in [-0.1, -0.05) is 42.5 Å². The van der Waals surface area contributed by atoms with Gasteiger partial charge in [-0.15, -0.1) is 0 Å². The molecule has 1 aliphatic carbocycles. The lowest BCUT2D eigenvalue weighted by Gasteiger charge is -2.24. The molecule has 2 aromatic rings. The topological polar surface area (TPSA) is 3.24 Å². The molecule has 1 nitrogen and oxygen atoms in total. The molecule has 120 valence electrons. The van der Waals surface area contributed by atoms with Crippen LogP contribution in [0.1, 0.15) is 33.7 Å². The van der Waals surface area contributed by atoms with Crippen molar-refractivity contribution in [2.45, 2.75) is 12.1 Å². The third-order valence-electron chi connectivity index (χ3n) is 4.15. The summed E-state index contributed by atoms with van der Waals surface area (Å²) in [5, 5.41) is 0. The third kappa shape index (κ3) is 3.17. The van der Waals surface area contributed by atoms with Crippen LogP contribution in [0.5, 0.6) is 0 Å². The molecule has 3 rings (SSSR count). The molecular formula is C19H18F3N. The highest BCUT2D eigenvalue weighted by molar-refractivity contribution is 5.76. The number of hydrogen-bond donors (Lipinski definition) is 0. The van der Waals surface area contributed by atoms with Gasteiger partial charge in [0.25, 0.3) is 0 Å². The maximum absolute atomic E-state index is 13.1. The smallest absolute Gasteiger partial charge is 0.308 e. The van der Waals surface area contributed by atoms with Crippen LogP contribution < -0.4 is 0 Å². The number of nitrogens with zero attached hydrogens (tertiary/aromatic N) is 1. The minimum atomic E-state index is -4.33. The Kier molecular flexibility index (Phi) is 4.02. The highest BCUT2D eigenvalue weighted by Crippen LogP contribution is 2.38. The average molecular weight is 317 g/mol. The molecule has 0 spiro atoms. The molecule has 1 aliphatic rings. The minimum absolute atomic E-state index is 0.0894. The van der Waals surface area contributed by atoms with E-state index in [1.54, 1.807) is 6.07 Å². The fraction of sp³-hybridized carbons (Fsp3) is 0.263. The standard InChI is InChI=1S/C19H18F3N/c1-23(2)12-18-16-6-4-3-5-13(16)7-8-14-9-10-15(11-17(14)18)19(20,21)22/h3-11,18H,12H2,1-2H3. The van der Waals surface area contributed by atoms with Gasteiger partial charge in [0.1, 0.15) is 0 Å². The van der Waals surface area contributed by atoms with E-state index < -0.39 is 11.7 Å². The largest absolute Gasteiger partial charge is 0.416 e. The molecule has 0 aromatic heterocycles. The molecule has 0 aliphatic heterocycles. The maximum Gasteiger partial charge on any atom is 0.416 e. The van der Waals surface area contributed by atoms with Gasteiger partial charge in [-0.05, 0) is 48.5 Å². The highest BCUT2D eigenvalue weighted by atomic mass is 19.4. The molecule has 23 heavy (non-hydrogen) atoms. The SMILES string of the molecule is CN(C)CC1c2ccccc2C=Cc2ccc(C(F)(F)F)cc21. The molecule has 1 atom stereocenters. The van der Waals surface area contributed by atoms with Crippen molar-refractivity contribution in [2.75, 3.05) is 20.6 Å². The summed E-state index contributed by atoms with van der Waals surface area (Å²) in [6.45, 7) is 0.660. The lowest BCUT2D eigenvalue weighted by Crippen LogP contribution is -2.22. The zero-order chi connectivity index (χ0) is 16.6. The first-order chi connectivity index (χ1) is 10.9. The molecule has 0 fully saturated rings. The van der Waals surface area contributed by atoms with Crippen LogP contribution in [0.25, 0.3) is 12.2 Å². The van der Waals surface area contributed by atoms with Crippen molar-refractivity contribution < 1.29 is 13.2 Å². The van der Waals surface area contributed by atoms with Gasteiger partial charge in [-0.2, -0.15) is 13.2 Å². The van der Waals surface area contributed by atoms with E-state index in [9.17, 15) is 13.2 Å². The molecule has 0 amide bonds. The molecule has 1 unspecified atom stereocenters. The molecule has 4 heteroatoms. The van der Waals surface area contributed by atoms with Gasteiger partial charge in [-0.3, -0.25) is 0 Å². The van der Waals surface area contributed by atoms with E-state index in [1.807, 2.05) is 55.4 Å². The van der Waals surface area contributed by atoms with Crippen LogP contribution in [0, 0.1) is 0 Å². The molecule has 0 bridgehead atoms. The first kappa shape index (κ1) is 15.8. The van der Waals surface area contributed by atoms with Crippen molar-refractivity contribution in [1.29, 1.82) is 0 Å². The zero-order valence-electron chi connectivity index (χ0n) is 13.1. The number of benzene rings is 2. The second-order valence-electron chi connectivity index (χ2n) is 6.12. The van der Waals surface area contributed by atoms with Gasteiger partial charge in [0.15, 0.2) is 0 Å². The number of alkyl halides is 3. The Morgan fingerprint density at radius 3 is 2.22 bits per heavy atom. The van der Waals surface area contributed by atoms with Crippen molar-refractivity contribution >= 4 is 12.2 Å². The van der Waals surface area contributed by atoms with Crippen molar-refractivity contribution in [3.8, 4) is 0 Å². The monoisotopic (exact) mass is 317 g/mol. The second kappa shape index (κ2) is 5.85. The van der Waals surface area contributed by atoms with Gasteiger partial charge in [-0.25, -0.2) is 0 Å². The molecule has 0 saturated heterocycles. The molecular weight excluding hydrogens is 299 g/mol. The number of likely N-dealkylation sites (N-methyl/N-ethyl adjacent to an activating group) is 1. The lowest BCUT2D eigenvalue weighted by atomic mass is 9.86. The van der Waals surface area contributed by atoms with Crippen LogP contribution in [-0.4, -0.2) is 25.5 Å². The summed E-state index contributed by atoms with van der Waals surface area (Å²) >= 11 is 0. The second-order valence-corrected chi connectivity index (χ2v) is 6.12. The van der Waals surface area contributed by atoms with Crippen LogP contribution in [0.4, 0.5) is 13.2 Å². The fourth-order valence-corrected chi connectivity index (χ4v) is 3.09. The van der Waals surface area contributed by atoms with Crippen LogP contribution in [0.2, 0.25) is 0 Å². The predicted octanol–water partition coefficient (Wildman–Crippen LogP) is 4.88. The van der Waals surface area contributed by atoms with E-state index in [-0.39, 0.29) is 5.92 Å². The van der Waals surface area contributed by atoms with Crippen molar-refractivity contribution in [1.82, 2.24) is 4.90 Å². The van der Waals surface area contributed by atoms with E-state index >= 15 is 0 Å². The summed E-state index contributed by atoms with van der Waals surface area (Å²) in [4.78, 5) is 2.01. The van der Waals surface area contributed by atoms with E-state index in [2.05, 4.69) is 0 Å². The molecule has 0 saturated carbocycles. The van der Waals surface area contributed by atoms with Crippen molar-refractivity contribution in [3.63, 3.8) is 0 Å². The van der Waals surface area contributed by atoms with Crippen LogP contribution >= 0.6 is 0 Å². The average Bonchev–Trinajstić information content (AvgIpc) is 2.64. The van der Waals surface area contributed by atoms with Gasteiger partial charge in [0.05, 0.1) is 5.56 Å². The minimum Gasteiger partial charge on any atom is -0.308 e. The van der Waals surface area contributed by atoms with E-state index in [0.29, 0.717) is 6.54 Å². The number of hydrogen-bond acceptors (Lipinski definition) is 1. The van der Waals surface area contributed by atoms with E-state index in [1.165, 1.54) is 6.07 Å². The summed E-state index contributed by atoms with van der Waals surface area (Å²) in [6, 6.07) is 11.9. The fourth-order valence-electron chi connectivity index (χ4n) is 3.09. The lowest BCUT2D eigenvalue weighted by molar-refractivity contribution is -0.137. The Bertz CT molecular complexity index is 745. The summed E-state index contributed by atoms with van der Waals surface area (Å²) in [5.41, 5.74) is 3.11. The normalized spacial score (nSPS) is 16.9. The summed E-state index contributed by atoms with van der Waals surface area (Å²) in [6.07, 6.45) is -0.436. The van der Waals surface area contributed by atoms with Crippen LogP contribution in [0.3, 0.4) is 0 Å². The van der Waals surface area contributed by atoms with Crippen LogP contribution in [-0.2, 0) is 6.18 Å². The summed E-state index contributed by atoms with van der Waals surface area (Å²) in [5.74, 6) is -0.0894. The molecule has 0 N–H and O–H groups in total. The van der Waals surface area contributed by atoms with E-state index in [0.717, 1.165) is 28.3 Å². The Hall–Kier alpha value is -2.07. The van der Waals surface area contributed by atoms with Crippen LogP contribution in [0.15, 0.2) is 42.5 Å². The number of rotatable bonds is 2. The molecule has 2 aromatic carbocycles. The Labute approximate surface area is 134 Å². The van der Waals surface area contributed by atoms with E-state index in [4.69, 9.17) is 0 Å². The van der Waals surface area contributed by atoms with Crippen molar-refractivity contribution in [2.24, 2.45) is 0 Å². The summed E-state index contributed by atoms with van der Waals surface area (Å²) in [7, 11) is 3.88. The maximum atomic E-state index is 13.1. The quantitative estimate of drug-likeness (QED) is 0.763.